The maximum absolute atomic E-state index is 12.2. The van der Waals surface area contributed by atoms with Crippen molar-refractivity contribution in [3.63, 3.8) is 0 Å². The van der Waals surface area contributed by atoms with Gasteiger partial charge in [0.2, 0.25) is 0 Å². The molecule has 2 aromatic heterocycles. The van der Waals surface area contributed by atoms with E-state index in [2.05, 4.69) is 25.7 Å². The van der Waals surface area contributed by atoms with Crippen molar-refractivity contribution >= 4 is 23.4 Å². The van der Waals surface area contributed by atoms with Crippen LogP contribution in [0.25, 0.3) is 11.4 Å². The van der Waals surface area contributed by atoms with Gasteiger partial charge in [-0.3, -0.25) is 9.78 Å². The molecule has 7 nitrogen and oxygen atoms in total. The van der Waals surface area contributed by atoms with E-state index in [0.29, 0.717) is 10.9 Å². The minimum Gasteiger partial charge on any atom is -0.302 e. The molecule has 0 atom stereocenters. The van der Waals surface area contributed by atoms with Gasteiger partial charge in [-0.25, -0.2) is 5.43 Å². The Morgan fingerprint density at radius 2 is 2.00 bits per heavy atom. The van der Waals surface area contributed by atoms with E-state index in [1.165, 1.54) is 17.3 Å². The Morgan fingerprint density at radius 1 is 1.21 bits per heavy atom. The summed E-state index contributed by atoms with van der Waals surface area (Å²) in [5.41, 5.74) is 6.34. The van der Waals surface area contributed by atoms with Crippen molar-refractivity contribution in [1.29, 1.82) is 0 Å². The Kier molecular flexibility index (Phi) is 6.54. The smallest absolute Gasteiger partial charge is 0.250 e. The minimum absolute atomic E-state index is 0.198. The average Bonchev–Trinajstić information content (AvgIpc) is 3.14. The number of pyridine rings is 1. The van der Waals surface area contributed by atoms with Crippen LogP contribution in [-0.4, -0.2) is 37.1 Å². The predicted molar refractivity (Wildman–Crippen MR) is 111 cm³/mol. The number of hydrogen-bond acceptors (Lipinski definition) is 6. The number of thioether (sulfide) groups is 1. The maximum atomic E-state index is 12.2. The number of amides is 1. The minimum atomic E-state index is -0.198. The third-order valence-corrected chi connectivity index (χ3v) is 5.07. The molecule has 0 aliphatic rings. The Hall–Kier alpha value is -3.00. The van der Waals surface area contributed by atoms with Crippen molar-refractivity contribution in [2.45, 2.75) is 32.5 Å². The third kappa shape index (κ3) is 4.83. The average molecular weight is 395 g/mol. The molecular weight excluding hydrogens is 372 g/mol. The number of rotatable bonds is 7. The number of nitrogens with zero attached hydrogens (tertiary/aromatic N) is 5. The summed E-state index contributed by atoms with van der Waals surface area (Å²) in [5.74, 6) is 0.808. The highest BCUT2D eigenvalue weighted by Crippen LogP contribution is 2.24. The highest BCUT2D eigenvalue weighted by Gasteiger charge is 2.14. The second-order valence-electron chi connectivity index (χ2n) is 6.18. The van der Waals surface area contributed by atoms with Crippen molar-refractivity contribution in [3.8, 4) is 11.4 Å². The van der Waals surface area contributed by atoms with Crippen LogP contribution in [0.4, 0.5) is 0 Å². The zero-order chi connectivity index (χ0) is 19.9. The van der Waals surface area contributed by atoms with Gasteiger partial charge in [-0.1, -0.05) is 47.7 Å². The Bertz CT molecular complexity index is 966. The molecule has 1 amide bonds. The van der Waals surface area contributed by atoms with Gasteiger partial charge in [0.15, 0.2) is 11.0 Å². The number of aromatic nitrogens is 4. The van der Waals surface area contributed by atoms with E-state index < -0.39 is 0 Å². The summed E-state index contributed by atoms with van der Waals surface area (Å²) in [6, 6.07) is 11.9. The predicted octanol–water partition coefficient (Wildman–Crippen LogP) is 3.30. The van der Waals surface area contributed by atoms with Crippen LogP contribution in [0.1, 0.15) is 25.0 Å². The molecule has 0 unspecified atom stereocenters. The molecule has 28 heavy (non-hydrogen) atoms. The standard InChI is InChI=1S/C20H22N6OS/c1-4-26-19(16-9-7-14(2)8-10-16)24-25-20(26)28-13-18(27)23-22-15(3)17-6-5-11-21-12-17/h5-12H,4,13H2,1-3H3,(H,23,27)/b22-15+. The lowest BCUT2D eigenvalue weighted by Crippen LogP contribution is -2.21. The lowest BCUT2D eigenvalue weighted by Gasteiger charge is -2.07. The first-order valence-electron chi connectivity index (χ1n) is 8.95. The van der Waals surface area contributed by atoms with Crippen LogP contribution in [0.2, 0.25) is 0 Å². The molecule has 0 fully saturated rings. The number of hydrazone groups is 1. The first-order chi connectivity index (χ1) is 13.6. The van der Waals surface area contributed by atoms with Crippen molar-refractivity contribution in [2.75, 3.05) is 5.75 Å². The van der Waals surface area contributed by atoms with Crippen LogP contribution in [0.15, 0.2) is 59.0 Å². The topological polar surface area (TPSA) is 85.1 Å². The van der Waals surface area contributed by atoms with Gasteiger partial charge in [-0.15, -0.1) is 10.2 Å². The van der Waals surface area contributed by atoms with Crippen LogP contribution >= 0.6 is 11.8 Å². The maximum Gasteiger partial charge on any atom is 0.250 e. The van der Waals surface area contributed by atoms with Crippen molar-refractivity contribution in [1.82, 2.24) is 25.2 Å². The van der Waals surface area contributed by atoms with E-state index in [9.17, 15) is 4.79 Å². The molecule has 8 heteroatoms. The molecule has 0 saturated heterocycles. The van der Waals surface area contributed by atoms with Crippen LogP contribution in [-0.2, 0) is 11.3 Å². The lowest BCUT2D eigenvalue weighted by molar-refractivity contribution is -0.118. The van der Waals surface area contributed by atoms with Crippen molar-refractivity contribution in [3.05, 3.63) is 59.9 Å². The van der Waals surface area contributed by atoms with Crippen molar-refractivity contribution in [2.24, 2.45) is 5.10 Å². The molecular formula is C20H22N6OS. The summed E-state index contributed by atoms with van der Waals surface area (Å²) in [5, 5.41) is 13.4. The number of nitrogens with one attached hydrogen (secondary N) is 1. The van der Waals surface area contributed by atoms with Gasteiger partial charge < -0.3 is 4.57 Å². The third-order valence-electron chi connectivity index (χ3n) is 4.10. The van der Waals surface area contributed by atoms with Gasteiger partial charge >= 0.3 is 0 Å². The van der Waals surface area contributed by atoms with Crippen LogP contribution in [0, 0.1) is 6.92 Å². The van der Waals surface area contributed by atoms with Crippen LogP contribution < -0.4 is 5.43 Å². The van der Waals surface area contributed by atoms with E-state index in [4.69, 9.17) is 0 Å². The van der Waals surface area contributed by atoms with E-state index in [0.717, 1.165) is 23.5 Å². The monoisotopic (exact) mass is 394 g/mol. The molecule has 0 radical (unpaired) electrons. The van der Waals surface area contributed by atoms with E-state index >= 15 is 0 Å². The number of hydrogen-bond donors (Lipinski definition) is 1. The fourth-order valence-corrected chi connectivity index (χ4v) is 3.34. The second-order valence-corrected chi connectivity index (χ2v) is 7.12. The normalized spacial score (nSPS) is 11.5. The van der Waals surface area contributed by atoms with Gasteiger partial charge in [0.1, 0.15) is 0 Å². The zero-order valence-corrected chi connectivity index (χ0v) is 16.9. The van der Waals surface area contributed by atoms with Gasteiger partial charge in [-0.2, -0.15) is 5.10 Å². The summed E-state index contributed by atoms with van der Waals surface area (Å²) in [4.78, 5) is 16.2. The summed E-state index contributed by atoms with van der Waals surface area (Å²) >= 11 is 1.34. The van der Waals surface area contributed by atoms with E-state index in [1.807, 2.05) is 61.7 Å². The molecule has 1 aromatic carbocycles. The quantitative estimate of drug-likeness (QED) is 0.378. The molecule has 0 spiro atoms. The van der Waals surface area contributed by atoms with Crippen LogP contribution in [0.3, 0.4) is 0 Å². The van der Waals surface area contributed by atoms with E-state index in [1.54, 1.807) is 12.4 Å². The highest BCUT2D eigenvalue weighted by atomic mass is 32.2. The fraction of sp³-hybridized carbons (Fsp3) is 0.250. The van der Waals surface area contributed by atoms with Crippen molar-refractivity contribution < 1.29 is 4.79 Å². The molecule has 0 aliphatic carbocycles. The zero-order valence-electron chi connectivity index (χ0n) is 16.1. The second kappa shape index (κ2) is 9.27. The number of benzene rings is 1. The Labute approximate surface area is 168 Å². The lowest BCUT2D eigenvalue weighted by atomic mass is 10.1. The Morgan fingerprint density at radius 3 is 2.68 bits per heavy atom. The number of carbonyl (C=O) groups is 1. The van der Waals surface area contributed by atoms with E-state index in [-0.39, 0.29) is 11.7 Å². The molecule has 0 bridgehead atoms. The Balaban J connectivity index is 1.63. The summed E-state index contributed by atoms with van der Waals surface area (Å²) in [6.07, 6.45) is 3.40. The molecule has 0 aliphatic heterocycles. The summed E-state index contributed by atoms with van der Waals surface area (Å²) in [7, 11) is 0. The van der Waals surface area contributed by atoms with Gasteiger partial charge in [0.05, 0.1) is 11.5 Å². The SMILES string of the molecule is CCn1c(SCC(=O)N/N=C(\C)c2cccnc2)nnc1-c1ccc(C)cc1. The molecule has 2 heterocycles. The van der Waals surface area contributed by atoms with Gasteiger partial charge in [0, 0.05) is 30.1 Å². The highest BCUT2D eigenvalue weighted by molar-refractivity contribution is 7.99. The number of carbonyl (C=O) groups excluding carboxylic acids is 1. The van der Waals surface area contributed by atoms with Crippen LogP contribution in [0.5, 0.6) is 0 Å². The molecule has 144 valence electrons. The number of aryl methyl sites for hydroxylation is 1. The summed E-state index contributed by atoms with van der Waals surface area (Å²) in [6.45, 7) is 6.63. The fourth-order valence-electron chi connectivity index (χ4n) is 2.55. The molecule has 3 aromatic rings. The van der Waals surface area contributed by atoms with Gasteiger partial charge in [-0.05, 0) is 26.8 Å². The van der Waals surface area contributed by atoms with Gasteiger partial charge in [0.25, 0.3) is 5.91 Å². The largest absolute Gasteiger partial charge is 0.302 e. The molecule has 3 rings (SSSR count). The molecule has 1 N–H and O–H groups in total. The summed E-state index contributed by atoms with van der Waals surface area (Å²) < 4.78 is 2.01. The first-order valence-corrected chi connectivity index (χ1v) is 9.93. The molecule has 0 saturated carbocycles. The first kappa shape index (κ1) is 19.8.